The van der Waals surface area contributed by atoms with E-state index in [4.69, 9.17) is 5.73 Å². The van der Waals surface area contributed by atoms with Gasteiger partial charge in [-0.25, -0.2) is 9.97 Å². The lowest BCUT2D eigenvalue weighted by molar-refractivity contribution is -0.117. The molecule has 0 aromatic carbocycles. The van der Waals surface area contributed by atoms with Crippen LogP contribution in [0.1, 0.15) is 32.5 Å². The van der Waals surface area contributed by atoms with Crippen LogP contribution in [0.2, 0.25) is 0 Å². The third-order valence-corrected chi connectivity index (χ3v) is 2.32. The number of aromatic nitrogens is 2. The summed E-state index contributed by atoms with van der Waals surface area (Å²) in [6.07, 6.45) is 2.10. The third-order valence-electron chi connectivity index (χ3n) is 2.32. The number of hydrogen-bond donors (Lipinski definition) is 3. The van der Waals surface area contributed by atoms with Gasteiger partial charge in [-0.2, -0.15) is 0 Å². The number of amides is 1. The molecule has 6 nitrogen and oxygen atoms in total. The van der Waals surface area contributed by atoms with E-state index < -0.39 is 0 Å². The summed E-state index contributed by atoms with van der Waals surface area (Å²) in [6, 6.07) is 1.84. The Kier molecular flexibility index (Phi) is 5.90. The molecule has 1 aromatic rings. The van der Waals surface area contributed by atoms with Crippen LogP contribution in [-0.4, -0.2) is 29.0 Å². The molecule has 0 aliphatic rings. The largest absolute Gasteiger partial charge is 0.370 e. The Balaban J connectivity index is 2.67. The van der Waals surface area contributed by atoms with E-state index in [0.717, 1.165) is 36.8 Å². The maximum atomic E-state index is 10.7. The van der Waals surface area contributed by atoms with Gasteiger partial charge in [0.2, 0.25) is 5.91 Å². The van der Waals surface area contributed by atoms with E-state index in [2.05, 4.69) is 27.5 Å². The first-order valence-corrected chi connectivity index (χ1v) is 6.29. The van der Waals surface area contributed by atoms with Gasteiger partial charge in [0.1, 0.15) is 17.5 Å². The van der Waals surface area contributed by atoms with Crippen LogP contribution in [0.15, 0.2) is 6.07 Å². The Morgan fingerprint density at radius 3 is 2.33 bits per heavy atom. The van der Waals surface area contributed by atoms with Crippen LogP contribution in [0.5, 0.6) is 0 Å². The van der Waals surface area contributed by atoms with Gasteiger partial charge in [0.25, 0.3) is 0 Å². The summed E-state index contributed by atoms with van der Waals surface area (Å²) in [4.78, 5) is 19.4. The Morgan fingerprint density at radius 2 is 1.83 bits per heavy atom. The van der Waals surface area contributed by atoms with E-state index in [9.17, 15) is 4.79 Å². The molecule has 4 N–H and O–H groups in total. The highest BCUT2D eigenvalue weighted by atomic mass is 16.1. The molecular weight excluding hydrogens is 230 g/mol. The lowest BCUT2D eigenvalue weighted by Gasteiger charge is -2.09. The summed E-state index contributed by atoms with van der Waals surface area (Å²) in [6.45, 7) is 5.47. The Morgan fingerprint density at radius 1 is 1.22 bits per heavy atom. The molecule has 6 heteroatoms. The fraction of sp³-hybridized carbons (Fsp3) is 0.583. The summed E-state index contributed by atoms with van der Waals surface area (Å²) < 4.78 is 0. The molecule has 0 saturated carbocycles. The molecule has 0 atom stereocenters. The minimum absolute atomic E-state index is 0.295. The van der Waals surface area contributed by atoms with Crippen LogP contribution in [-0.2, 0) is 11.2 Å². The van der Waals surface area contributed by atoms with Crippen molar-refractivity contribution in [1.29, 1.82) is 0 Å². The van der Waals surface area contributed by atoms with Crippen molar-refractivity contribution in [2.45, 2.75) is 33.1 Å². The van der Waals surface area contributed by atoms with Crippen molar-refractivity contribution in [3.63, 3.8) is 0 Å². The molecule has 0 bridgehead atoms. The van der Waals surface area contributed by atoms with Gasteiger partial charge in [-0.1, -0.05) is 13.8 Å². The van der Waals surface area contributed by atoms with E-state index in [0.29, 0.717) is 13.0 Å². The lowest BCUT2D eigenvalue weighted by atomic mass is 10.3. The van der Waals surface area contributed by atoms with E-state index >= 15 is 0 Å². The third kappa shape index (κ3) is 4.99. The minimum atomic E-state index is -0.323. The van der Waals surface area contributed by atoms with Gasteiger partial charge in [-0.15, -0.1) is 0 Å². The van der Waals surface area contributed by atoms with Gasteiger partial charge in [-0.05, 0) is 6.42 Å². The molecule has 0 fully saturated rings. The molecule has 0 radical (unpaired) electrons. The van der Waals surface area contributed by atoms with Crippen molar-refractivity contribution in [2.75, 3.05) is 23.7 Å². The first-order chi connectivity index (χ1) is 8.65. The highest BCUT2D eigenvalue weighted by Gasteiger charge is 2.03. The number of nitrogens with two attached hydrogens (primary N) is 1. The van der Waals surface area contributed by atoms with Crippen molar-refractivity contribution in [3.05, 3.63) is 11.9 Å². The Hall–Kier alpha value is -1.85. The predicted molar refractivity (Wildman–Crippen MR) is 72.5 cm³/mol. The number of anilines is 2. The first-order valence-electron chi connectivity index (χ1n) is 6.29. The lowest BCUT2D eigenvalue weighted by Crippen LogP contribution is -2.16. The predicted octanol–water partition coefficient (Wildman–Crippen LogP) is 1.15. The topological polar surface area (TPSA) is 92.9 Å². The summed E-state index contributed by atoms with van der Waals surface area (Å²) in [5.41, 5.74) is 5.08. The minimum Gasteiger partial charge on any atom is -0.370 e. The number of carbonyl (C=O) groups excluding carboxylic acids is 1. The van der Waals surface area contributed by atoms with Crippen LogP contribution in [0.4, 0.5) is 11.6 Å². The highest BCUT2D eigenvalue weighted by molar-refractivity contribution is 5.74. The van der Waals surface area contributed by atoms with Crippen LogP contribution in [0.25, 0.3) is 0 Å². The molecule has 1 rings (SSSR count). The average Bonchev–Trinajstić information content (AvgIpc) is 2.35. The summed E-state index contributed by atoms with van der Waals surface area (Å²) >= 11 is 0. The molecule has 1 aromatic heterocycles. The molecule has 0 spiro atoms. The van der Waals surface area contributed by atoms with Gasteiger partial charge in [0.05, 0.1) is 0 Å². The van der Waals surface area contributed by atoms with Crippen LogP contribution < -0.4 is 16.4 Å². The number of nitrogens with zero attached hydrogens (tertiary/aromatic N) is 2. The summed E-state index contributed by atoms with van der Waals surface area (Å²) in [5.74, 6) is 1.99. The normalized spacial score (nSPS) is 10.1. The van der Waals surface area contributed by atoms with Gasteiger partial charge in [0, 0.05) is 32.0 Å². The maximum absolute atomic E-state index is 10.7. The van der Waals surface area contributed by atoms with E-state index in [-0.39, 0.29) is 5.91 Å². The first kappa shape index (κ1) is 14.2. The van der Waals surface area contributed by atoms with Crippen molar-refractivity contribution in [1.82, 2.24) is 9.97 Å². The second kappa shape index (κ2) is 7.47. The van der Waals surface area contributed by atoms with Gasteiger partial charge < -0.3 is 16.4 Å². The second-order valence-electron chi connectivity index (χ2n) is 3.98. The average molecular weight is 251 g/mol. The number of aryl methyl sites for hydroxylation is 1. The van der Waals surface area contributed by atoms with E-state index in [1.165, 1.54) is 0 Å². The highest BCUT2D eigenvalue weighted by Crippen LogP contribution is 2.11. The zero-order valence-corrected chi connectivity index (χ0v) is 11.0. The fourth-order valence-corrected chi connectivity index (χ4v) is 1.40. The van der Waals surface area contributed by atoms with Crippen LogP contribution in [0.3, 0.4) is 0 Å². The number of primary amides is 1. The summed E-state index contributed by atoms with van der Waals surface area (Å²) in [7, 11) is 0. The summed E-state index contributed by atoms with van der Waals surface area (Å²) in [5, 5.41) is 6.30. The molecule has 100 valence electrons. The Bertz CT molecular complexity index is 394. The molecule has 0 aliphatic carbocycles. The fourth-order valence-electron chi connectivity index (χ4n) is 1.40. The van der Waals surface area contributed by atoms with E-state index in [1.54, 1.807) is 0 Å². The molecule has 0 aliphatic heterocycles. The molecule has 1 amide bonds. The maximum Gasteiger partial charge on any atom is 0.219 e. The number of carbonyl (C=O) groups is 1. The van der Waals surface area contributed by atoms with Crippen LogP contribution >= 0.6 is 0 Å². The molecule has 0 saturated heterocycles. The zero-order valence-electron chi connectivity index (χ0n) is 11.0. The standard InChI is InChI=1S/C12H21N5O/c1-3-6-14-11-8-12(15-7-5-9(13)18)17-10(4-2)16-11/h8H,3-7H2,1-2H3,(H2,13,18)(H2,14,15,16,17). The molecule has 18 heavy (non-hydrogen) atoms. The second-order valence-corrected chi connectivity index (χ2v) is 3.98. The van der Waals surface area contributed by atoms with Crippen molar-refractivity contribution >= 4 is 17.5 Å². The molecule has 1 heterocycles. The number of nitrogens with one attached hydrogen (secondary N) is 2. The number of rotatable bonds is 8. The molecule has 0 unspecified atom stereocenters. The van der Waals surface area contributed by atoms with E-state index in [1.807, 2.05) is 13.0 Å². The number of hydrogen-bond acceptors (Lipinski definition) is 5. The smallest absolute Gasteiger partial charge is 0.219 e. The Labute approximate surface area is 107 Å². The van der Waals surface area contributed by atoms with Crippen molar-refractivity contribution < 1.29 is 4.79 Å². The van der Waals surface area contributed by atoms with Crippen molar-refractivity contribution in [3.8, 4) is 0 Å². The van der Waals surface area contributed by atoms with Crippen molar-refractivity contribution in [2.24, 2.45) is 5.73 Å². The monoisotopic (exact) mass is 251 g/mol. The van der Waals surface area contributed by atoms with Gasteiger partial charge in [-0.3, -0.25) is 4.79 Å². The van der Waals surface area contributed by atoms with Gasteiger partial charge in [0.15, 0.2) is 0 Å². The van der Waals surface area contributed by atoms with Crippen LogP contribution in [0, 0.1) is 0 Å². The molecular formula is C12H21N5O. The van der Waals surface area contributed by atoms with Gasteiger partial charge >= 0.3 is 0 Å². The quantitative estimate of drug-likeness (QED) is 0.644. The zero-order chi connectivity index (χ0) is 13.4. The SMILES string of the molecule is CCCNc1cc(NCCC(N)=O)nc(CC)n1.